The summed E-state index contributed by atoms with van der Waals surface area (Å²) in [5.41, 5.74) is 6.06. The van der Waals surface area contributed by atoms with Crippen LogP contribution in [0.15, 0.2) is 18.2 Å². The molecule has 1 aromatic carbocycles. The van der Waals surface area contributed by atoms with Gasteiger partial charge in [-0.25, -0.2) is 8.78 Å². The van der Waals surface area contributed by atoms with Gasteiger partial charge in [0.2, 0.25) is 0 Å². The second kappa shape index (κ2) is 6.25. The SMILES string of the molecule is CCN(Cc1cc(F)ccc1F)CC(C)(C)CN. The molecule has 102 valence electrons. The molecule has 0 spiro atoms. The van der Waals surface area contributed by atoms with Crippen LogP contribution in [0.1, 0.15) is 26.3 Å². The van der Waals surface area contributed by atoms with Gasteiger partial charge in [0.15, 0.2) is 0 Å². The Balaban J connectivity index is 2.77. The van der Waals surface area contributed by atoms with Gasteiger partial charge < -0.3 is 5.73 Å². The second-order valence-corrected chi connectivity index (χ2v) is 5.41. The van der Waals surface area contributed by atoms with E-state index in [1.807, 2.05) is 6.92 Å². The number of nitrogens with zero attached hydrogens (tertiary/aromatic N) is 1. The summed E-state index contributed by atoms with van der Waals surface area (Å²) < 4.78 is 26.7. The van der Waals surface area contributed by atoms with Crippen LogP contribution in [-0.4, -0.2) is 24.5 Å². The molecule has 4 heteroatoms. The van der Waals surface area contributed by atoms with Crippen LogP contribution in [0.25, 0.3) is 0 Å². The second-order valence-electron chi connectivity index (χ2n) is 5.41. The average molecular weight is 256 g/mol. The molecular weight excluding hydrogens is 234 g/mol. The summed E-state index contributed by atoms with van der Waals surface area (Å²) in [7, 11) is 0. The molecule has 1 rings (SSSR count). The van der Waals surface area contributed by atoms with E-state index in [0.29, 0.717) is 18.7 Å². The molecule has 1 aromatic rings. The van der Waals surface area contributed by atoms with Crippen LogP contribution in [0.5, 0.6) is 0 Å². The minimum absolute atomic E-state index is 0.0280. The lowest BCUT2D eigenvalue weighted by atomic mass is 9.93. The molecule has 18 heavy (non-hydrogen) atoms. The van der Waals surface area contributed by atoms with Crippen LogP contribution in [-0.2, 0) is 6.54 Å². The summed E-state index contributed by atoms with van der Waals surface area (Å²) in [6, 6.07) is 3.57. The Kier molecular flexibility index (Phi) is 5.23. The number of hydrogen-bond acceptors (Lipinski definition) is 2. The Morgan fingerprint density at radius 2 is 1.94 bits per heavy atom. The van der Waals surface area contributed by atoms with E-state index in [1.165, 1.54) is 12.1 Å². The molecule has 0 aliphatic rings. The van der Waals surface area contributed by atoms with Crippen molar-refractivity contribution in [1.29, 1.82) is 0 Å². The number of hydrogen-bond donors (Lipinski definition) is 1. The van der Waals surface area contributed by atoms with E-state index >= 15 is 0 Å². The fourth-order valence-electron chi connectivity index (χ4n) is 1.85. The molecule has 0 saturated carbocycles. The molecule has 0 unspecified atom stereocenters. The monoisotopic (exact) mass is 256 g/mol. The number of benzene rings is 1. The average Bonchev–Trinajstić information content (AvgIpc) is 2.32. The zero-order valence-electron chi connectivity index (χ0n) is 11.3. The third-order valence-corrected chi connectivity index (χ3v) is 3.05. The molecule has 0 radical (unpaired) electrons. The third-order valence-electron chi connectivity index (χ3n) is 3.05. The Morgan fingerprint density at radius 1 is 1.28 bits per heavy atom. The highest BCUT2D eigenvalue weighted by molar-refractivity contribution is 5.18. The molecular formula is C14H22F2N2. The smallest absolute Gasteiger partial charge is 0.127 e. The number of halogens is 2. The van der Waals surface area contributed by atoms with Crippen molar-refractivity contribution in [2.45, 2.75) is 27.3 Å². The van der Waals surface area contributed by atoms with Gasteiger partial charge in [-0.05, 0) is 36.7 Å². The molecule has 0 aliphatic heterocycles. The molecule has 0 amide bonds. The highest BCUT2D eigenvalue weighted by Gasteiger charge is 2.20. The van der Waals surface area contributed by atoms with Crippen LogP contribution < -0.4 is 5.73 Å². The Morgan fingerprint density at radius 3 is 2.50 bits per heavy atom. The van der Waals surface area contributed by atoms with E-state index in [1.54, 1.807) is 0 Å². The first-order chi connectivity index (χ1) is 8.38. The molecule has 2 nitrogen and oxygen atoms in total. The fourth-order valence-corrected chi connectivity index (χ4v) is 1.85. The molecule has 0 atom stereocenters. The van der Waals surface area contributed by atoms with Crippen molar-refractivity contribution in [2.24, 2.45) is 11.1 Å². The lowest BCUT2D eigenvalue weighted by Crippen LogP contribution is -2.38. The van der Waals surface area contributed by atoms with Crippen molar-refractivity contribution in [3.05, 3.63) is 35.4 Å². The van der Waals surface area contributed by atoms with Gasteiger partial charge in [-0.2, -0.15) is 0 Å². The van der Waals surface area contributed by atoms with Crippen LogP contribution in [0.2, 0.25) is 0 Å². The Labute approximate surface area is 108 Å². The maximum Gasteiger partial charge on any atom is 0.127 e. The van der Waals surface area contributed by atoms with Crippen molar-refractivity contribution >= 4 is 0 Å². The fraction of sp³-hybridized carbons (Fsp3) is 0.571. The van der Waals surface area contributed by atoms with Gasteiger partial charge in [-0.1, -0.05) is 20.8 Å². The first kappa shape index (κ1) is 15.1. The van der Waals surface area contributed by atoms with Crippen LogP contribution >= 0.6 is 0 Å². The van der Waals surface area contributed by atoms with E-state index in [0.717, 1.165) is 19.2 Å². The lowest BCUT2D eigenvalue weighted by molar-refractivity contribution is 0.181. The van der Waals surface area contributed by atoms with Gasteiger partial charge in [0, 0.05) is 18.7 Å². The van der Waals surface area contributed by atoms with E-state index in [-0.39, 0.29) is 11.2 Å². The van der Waals surface area contributed by atoms with Crippen molar-refractivity contribution in [1.82, 2.24) is 4.90 Å². The van der Waals surface area contributed by atoms with Crippen molar-refractivity contribution < 1.29 is 8.78 Å². The minimum atomic E-state index is -0.402. The van der Waals surface area contributed by atoms with Gasteiger partial charge in [-0.3, -0.25) is 4.90 Å². The predicted molar refractivity (Wildman–Crippen MR) is 70.1 cm³/mol. The third kappa shape index (κ3) is 4.35. The van der Waals surface area contributed by atoms with Gasteiger partial charge in [0.1, 0.15) is 11.6 Å². The summed E-state index contributed by atoms with van der Waals surface area (Å²) in [4.78, 5) is 2.07. The molecule has 0 bridgehead atoms. The molecule has 0 heterocycles. The largest absolute Gasteiger partial charge is 0.330 e. The lowest BCUT2D eigenvalue weighted by Gasteiger charge is -2.31. The maximum atomic E-state index is 13.6. The zero-order valence-corrected chi connectivity index (χ0v) is 11.3. The van der Waals surface area contributed by atoms with Gasteiger partial charge in [0.25, 0.3) is 0 Å². The predicted octanol–water partition coefficient (Wildman–Crippen LogP) is 2.77. The number of nitrogens with two attached hydrogens (primary N) is 1. The standard InChI is InChI=1S/C14H22F2N2/c1-4-18(10-14(2,3)9-17)8-11-7-12(15)5-6-13(11)16/h5-7H,4,8-10,17H2,1-3H3. The molecule has 2 N–H and O–H groups in total. The molecule has 0 aromatic heterocycles. The van der Waals surface area contributed by atoms with Crippen molar-refractivity contribution in [3.63, 3.8) is 0 Å². The summed E-state index contributed by atoms with van der Waals surface area (Å²) in [5.74, 6) is -0.763. The van der Waals surface area contributed by atoms with E-state index < -0.39 is 5.82 Å². The van der Waals surface area contributed by atoms with Crippen LogP contribution in [0, 0.1) is 17.0 Å². The maximum absolute atomic E-state index is 13.6. The Bertz CT molecular complexity index is 391. The van der Waals surface area contributed by atoms with Gasteiger partial charge >= 0.3 is 0 Å². The first-order valence-electron chi connectivity index (χ1n) is 6.24. The van der Waals surface area contributed by atoms with E-state index in [2.05, 4.69) is 18.7 Å². The molecule has 0 saturated heterocycles. The molecule has 0 aliphatic carbocycles. The highest BCUT2D eigenvalue weighted by atomic mass is 19.1. The zero-order chi connectivity index (χ0) is 13.8. The Hall–Kier alpha value is -1.00. The number of rotatable bonds is 6. The topological polar surface area (TPSA) is 29.3 Å². The van der Waals surface area contributed by atoms with Crippen LogP contribution in [0.3, 0.4) is 0 Å². The minimum Gasteiger partial charge on any atom is -0.330 e. The molecule has 0 fully saturated rings. The van der Waals surface area contributed by atoms with E-state index in [4.69, 9.17) is 5.73 Å². The summed E-state index contributed by atoms with van der Waals surface area (Å²) >= 11 is 0. The van der Waals surface area contributed by atoms with Gasteiger partial charge in [0.05, 0.1) is 0 Å². The summed E-state index contributed by atoms with van der Waals surface area (Å²) in [5, 5.41) is 0. The highest BCUT2D eigenvalue weighted by Crippen LogP contribution is 2.18. The van der Waals surface area contributed by atoms with Gasteiger partial charge in [-0.15, -0.1) is 0 Å². The summed E-state index contributed by atoms with van der Waals surface area (Å²) in [6.07, 6.45) is 0. The first-order valence-corrected chi connectivity index (χ1v) is 6.24. The van der Waals surface area contributed by atoms with Crippen molar-refractivity contribution in [3.8, 4) is 0 Å². The van der Waals surface area contributed by atoms with E-state index in [9.17, 15) is 8.78 Å². The quantitative estimate of drug-likeness (QED) is 0.848. The normalized spacial score (nSPS) is 12.2. The van der Waals surface area contributed by atoms with Crippen LogP contribution in [0.4, 0.5) is 8.78 Å². The van der Waals surface area contributed by atoms with Crippen molar-refractivity contribution in [2.75, 3.05) is 19.6 Å². The summed E-state index contributed by atoms with van der Waals surface area (Å²) in [6.45, 7) is 8.65.